The number of alkyl halides is 3. The lowest BCUT2D eigenvalue weighted by Crippen LogP contribution is -2.38. The van der Waals surface area contributed by atoms with Gasteiger partial charge in [0.1, 0.15) is 5.60 Å². The lowest BCUT2D eigenvalue weighted by atomic mass is 10.00. The van der Waals surface area contributed by atoms with Gasteiger partial charge < -0.3 is 15.2 Å². The molecule has 0 fully saturated rings. The molecule has 0 aliphatic carbocycles. The van der Waals surface area contributed by atoms with Crippen LogP contribution in [0.2, 0.25) is 0 Å². The zero-order valence-corrected chi connectivity index (χ0v) is 12.2. The number of carboxylic acids is 1. The van der Waals surface area contributed by atoms with Crippen molar-refractivity contribution in [3.05, 3.63) is 35.4 Å². The fourth-order valence-corrected chi connectivity index (χ4v) is 1.70. The van der Waals surface area contributed by atoms with Crippen molar-refractivity contribution < 1.29 is 32.6 Å². The van der Waals surface area contributed by atoms with Crippen molar-refractivity contribution in [1.29, 1.82) is 0 Å². The SMILES string of the molecule is CC(C)(C)OC(=O)N[C@H](C(=O)O)c1ccccc1C(F)(F)F. The Hall–Kier alpha value is -2.25. The normalized spacial score (nSPS) is 13.4. The third-order valence-corrected chi connectivity index (χ3v) is 2.49. The predicted molar refractivity (Wildman–Crippen MR) is 71.2 cm³/mol. The van der Waals surface area contributed by atoms with E-state index >= 15 is 0 Å². The summed E-state index contributed by atoms with van der Waals surface area (Å²) in [5, 5.41) is 11.1. The highest BCUT2D eigenvalue weighted by atomic mass is 19.4. The summed E-state index contributed by atoms with van der Waals surface area (Å²) in [5.41, 5.74) is -2.59. The fraction of sp³-hybridized carbons (Fsp3) is 0.429. The quantitative estimate of drug-likeness (QED) is 0.896. The monoisotopic (exact) mass is 319 g/mol. The van der Waals surface area contributed by atoms with Crippen LogP contribution in [0.5, 0.6) is 0 Å². The first-order valence-electron chi connectivity index (χ1n) is 6.30. The molecule has 2 N–H and O–H groups in total. The summed E-state index contributed by atoms with van der Waals surface area (Å²) in [5.74, 6) is -1.62. The molecule has 0 radical (unpaired) electrons. The van der Waals surface area contributed by atoms with Gasteiger partial charge in [0.15, 0.2) is 6.04 Å². The van der Waals surface area contributed by atoms with Crippen LogP contribution in [0.1, 0.15) is 37.9 Å². The van der Waals surface area contributed by atoms with E-state index < -0.39 is 41.0 Å². The van der Waals surface area contributed by atoms with E-state index in [9.17, 15) is 22.8 Å². The van der Waals surface area contributed by atoms with E-state index in [2.05, 4.69) is 0 Å². The number of ether oxygens (including phenoxy) is 1. The van der Waals surface area contributed by atoms with Gasteiger partial charge in [-0.2, -0.15) is 13.2 Å². The van der Waals surface area contributed by atoms with Crippen LogP contribution in [0.3, 0.4) is 0 Å². The molecule has 5 nitrogen and oxygen atoms in total. The molecule has 1 atom stereocenters. The maximum atomic E-state index is 12.9. The minimum Gasteiger partial charge on any atom is -0.479 e. The van der Waals surface area contributed by atoms with Gasteiger partial charge in [0.2, 0.25) is 0 Å². The number of hydrogen-bond donors (Lipinski definition) is 2. The number of halogens is 3. The number of hydrogen-bond acceptors (Lipinski definition) is 3. The van der Waals surface area contributed by atoms with Crippen LogP contribution in [-0.4, -0.2) is 22.8 Å². The number of nitrogens with one attached hydrogen (secondary N) is 1. The number of carbonyl (C=O) groups is 2. The number of alkyl carbamates (subject to hydrolysis) is 1. The third-order valence-electron chi connectivity index (χ3n) is 2.49. The van der Waals surface area contributed by atoms with E-state index in [4.69, 9.17) is 9.84 Å². The zero-order valence-electron chi connectivity index (χ0n) is 12.2. The van der Waals surface area contributed by atoms with Crippen LogP contribution >= 0.6 is 0 Å². The molecular weight excluding hydrogens is 303 g/mol. The average molecular weight is 319 g/mol. The summed E-state index contributed by atoms with van der Waals surface area (Å²) >= 11 is 0. The van der Waals surface area contributed by atoms with Crippen LogP contribution in [0.4, 0.5) is 18.0 Å². The van der Waals surface area contributed by atoms with Crippen LogP contribution < -0.4 is 5.32 Å². The third kappa shape index (κ3) is 4.94. The van der Waals surface area contributed by atoms with Crippen LogP contribution in [0.25, 0.3) is 0 Å². The fourth-order valence-electron chi connectivity index (χ4n) is 1.70. The molecule has 1 aromatic rings. The Morgan fingerprint density at radius 1 is 1.18 bits per heavy atom. The molecule has 1 aromatic carbocycles. The molecule has 0 bridgehead atoms. The molecule has 1 rings (SSSR count). The van der Waals surface area contributed by atoms with Gasteiger partial charge in [0.25, 0.3) is 0 Å². The average Bonchev–Trinajstić information content (AvgIpc) is 2.32. The molecule has 0 unspecified atom stereocenters. The summed E-state index contributed by atoms with van der Waals surface area (Å²) < 4.78 is 43.7. The standard InChI is InChI=1S/C14H16F3NO4/c1-13(2,3)22-12(21)18-10(11(19)20)8-6-4-5-7-9(8)14(15,16)17/h4-7,10H,1-3H3,(H,18,21)(H,19,20)/t10-/m0/s1. The Balaban J connectivity index is 3.13. The molecule has 0 aromatic heterocycles. The van der Waals surface area contributed by atoms with Gasteiger partial charge >= 0.3 is 18.2 Å². The molecule has 8 heteroatoms. The van der Waals surface area contributed by atoms with Crippen molar-refractivity contribution in [3.63, 3.8) is 0 Å². The number of aliphatic carboxylic acids is 1. The number of carbonyl (C=O) groups excluding carboxylic acids is 1. The van der Waals surface area contributed by atoms with E-state index in [1.54, 1.807) is 20.8 Å². The van der Waals surface area contributed by atoms with Crippen molar-refractivity contribution in [2.24, 2.45) is 0 Å². The topological polar surface area (TPSA) is 75.6 Å². The van der Waals surface area contributed by atoms with E-state index in [-0.39, 0.29) is 0 Å². The Labute approximate surface area is 125 Å². The van der Waals surface area contributed by atoms with Gasteiger partial charge in [0, 0.05) is 0 Å². The van der Waals surface area contributed by atoms with Gasteiger partial charge in [-0.25, -0.2) is 9.59 Å². The lowest BCUT2D eigenvalue weighted by Gasteiger charge is -2.23. The largest absolute Gasteiger partial charge is 0.479 e. The Kier molecular flexibility index (Phi) is 5.05. The highest BCUT2D eigenvalue weighted by Gasteiger charge is 2.37. The number of carboxylic acid groups (broad SMARTS) is 1. The molecule has 0 saturated heterocycles. The van der Waals surface area contributed by atoms with Gasteiger partial charge in [-0.3, -0.25) is 0 Å². The van der Waals surface area contributed by atoms with Gasteiger partial charge in [-0.15, -0.1) is 0 Å². The molecule has 1 amide bonds. The van der Waals surface area contributed by atoms with E-state index in [0.717, 1.165) is 18.2 Å². The Bertz CT molecular complexity index is 564. The molecule has 0 aliphatic rings. The summed E-state index contributed by atoms with van der Waals surface area (Å²) in [6.07, 6.45) is -5.85. The maximum absolute atomic E-state index is 12.9. The molecule has 0 aliphatic heterocycles. The Morgan fingerprint density at radius 2 is 1.73 bits per heavy atom. The van der Waals surface area contributed by atoms with Crippen molar-refractivity contribution in [3.8, 4) is 0 Å². The summed E-state index contributed by atoms with van der Waals surface area (Å²) in [6.45, 7) is 4.64. The van der Waals surface area contributed by atoms with Crippen molar-refractivity contribution in [2.75, 3.05) is 0 Å². The minimum absolute atomic E-state index is 0.562. The van der Waals surface area contributed by atoms with Crippen molar-refractivity contribution in [1.82, 2.24) is 5.32 Å². The first-order valence-corrected chi connectivity index (χ1v) is 6.30. The van der Waals surface area contributed by atoms with Crippen molar-refractivity contribution in [2.45, 2.75) is 38.6 Å². The Morgan fingerprint density at radius 3 is 2.18 bits per heavy atom. The molecular formula is C14H16F3NO4. The lowest BCUT2D eigenvalue weighted by molar-refractivity contribution is -0.142. The molecule has 0 heterocycles. The van der Waals surface area contributed by atoms with Crippen LogP contribution in [0, 0.1) is 0 Å². The van der Waals surface area contributed by atoms with Gasteiger partial charge in [0.05, 0.1) is 5.56 Å². The molecule has 0 saturated carbocycles. The second-order valence-electron chi connectivity index (χ2n) is 5.50. The first-order chi connectivity index (χ1) is 9.92. The highest BCUT2D eigenvalue weighted by Crippen LogP contribution is 2.34. The highest BCUT2D eigenvalue weighted by molar-refractivity contribution is 5.82. The van der Waals surface area contributed by atoms with Gasteiger partial charge in [-0.1, -0.05) is 18.2 Å². The predicted octanol–water partition coefficient (Wildman–Crippen LogP) is 3.36. The zero-order chi connectivity index (χ0) is 17.1. The molecule has 0 spiro atoms. The van der Waals surface area contributed by atoms with E-state index in [1.165, 1.54) is 6.07 Å². The molecule has 122 valence electrons. The number of amides is 1. The smallest absolute Gasteiger partial charge is 0.416 e. The maximum Gasteiger partial charge on any atom is 0.416 e. The minimum atomic E-state index is -4.74. The second kappa shape index (κ2) is 6.25. The van der Waals surface area contributed by atoms with Gasteiger partial charge in [-0.05, 0) is 32.4 Å². The first kappa shape index (κ1) is 17.8. The summed E-state index contributed by atoms with van der Waals surface area (Å²) in [7, 11) is 0. The van der Waals surface area contributed by atoms with Crippen LogP contribution in [-0.2, 0) is 15.7 Å². The summed E-state index contributed by atoms with van der Waals surface area (Å²) in [4.78, 5) is 22.9. The van der Waals surface area contributed by atoms with E-state index in [1.807, 2.05) is 5.32 Å². The summed E-state index contributed by atoms with van der Waals surface area (Å²) in [6, 6.07) is 2.28. The van der Waals surface area contributed by atoms with Crippen LogP contribution in [0.15, 0.2) is 24.3 Å². The van der Waals surface area contributed by atoms with E-state index in [0.29, 0.717) is 0 Å². The number of rotatable bonds is 3. The van der Waals surface area contributed by atoms with Crippen molar-refractivity contribution >= 4 is 12.1 Å². The molecule has 22 heavy (non-hydrogen) atoms. The number of benzene rings is 1. The second-order valence-corrected chi connectivity index (χ2v) is 5.50.